The van der Waals surface area contributed by atoms with Gasteiger partial charge in [-0.2, -0.15) is 8.78 Å². The molecule has 4 heterocycles. The zero-order chi connectivity index (χ0) is 23.2. The Morgan fingerprint density at radius 2 is 1.88 bits per heavy atom. The Morgan fingerprint density at radius 1 is 1.00 bits per heavy atom. The Labute approximate surface area is 189 Å². The minimum absolute atomic E-state index is 0.0507. The van der Waals surface area contributed by atoms with Gasteiger partial charge >= 0.3 is 12.2 Å². The summed E-state index contributed by atoms with van der Waals surface area (Å²) < 4.78 is 37.3. The summed E-state index contributed by atoms with van der Waals surface area (Å²) in [5.74, 6) is -1.30. The van der Waals surface area contributed by atoms with Crippen LogP contribution in [0.25, 0.3) is 44.6 Å². The van der Waals surface area contributed by atoms with Gasteiger partial charge in [-0.3, -0.25) is 9.55 Å². The Balaban J connectivity index is 1.31. The number of H-pyrrole nitrogens is 1. The van der Waals surface area contributed by atoms with E-state index in [4.69, 9.17) is 8.83 Å². The van der Waals surface area contributed by atoms with Gasteiger partial charge in [-0.05, 0) is 47.5 Å². The first-order chi connectivity index (χ1) is 16.6. The Morgan fingerprint density at radius 3 is 2.68 bits per heavy atom. The molecule has 4 aromatic heterocycles. The fourth-order valence-electron chi connectivity index (χ4n) is 3.97. The number of nitrogens with zero attached hydrogens (tertiary/aromatic N) is 4. The molecule has 0 bridgehead atoms. The number of fused-ring (bicyclic) bond motifs is 2. The van der Waals surface area contributed by atoms with Gasteiger partial charge in [-0.25, -0.2) is 4.79 Å². The van der Waals surface area contributed by atoms with Crippen molar-refractivity contribution in [2.45, 2.75) is 13.0 Å². The molecule has 2 aromatic carbocycles. The standard InChI is InChI=1S/C24H15F2N5O3/c25-21(26)23-30-29-22(34-23)14-4-6-15(28-11-14)12-31-19-7-5-13(10-20(19)33-24(31)32)16-2-1-3-18-17(16)8-9-27-18/h1-11,21,27H,12H2. The van der Waals surface area contributed by atoms with E-state index in [9.17, 15) is 13.6 Å². The molecule has 168 valence electrons. The normalized spacial score (nSPS) is 11.7. The van der Waals surface area contributed by atoms with Crippen molar-refractivity contribution < 1.29 is 17.6 Å². The molecule has 6 aromatic rings. The van der Waals surface area contributed by atoms with Gasteiger partial charge in [-0.15, -0.1) is 10.2 Å². The average molecular weight is 459 g/mol. The predicted octanol–water partition coefficient (Wildman–Crippen LogP) is 5.17. The van der Waals surface area contributed by atoms with E-state index in [-0.39, 0.29) is 12.4 Å². The molecule has 0 atom stereocenters. The van der Waals surface area contributed by atoms with Gasteiger partial charge in [0.2, 0.25) is 5.89 Å². The molecular formula is C24H15F2N5O3. The fourth-order valence-corrected chi connectivity index (χ4v) is 3.97. The summed E-state index contributed by atoms with van der Waals surface area (Å²) in [5.41, 5.74) is 5.07. The van der Waals surface area contributed by atoms with Crippen molar-refractivity contribution in [2.24, 2.45) is 0 Å². The second-order valence-electron chi connectivity index (χ2n) is 7.67. The molecule has 0 fully saturated rings. The number of aromatic amines is 1. The number of aromatic nitrogens is 5. The lowest BCUT2D eigenvalue weighted by Gasteiger charge is -2.05. The van der Waals surface area contributed by atoms with E-state index in [1.807, 2.05) is 48.7 Å². The highest BCUT2D eigenvalue weighted by molar-refractivity contribution is 5.96. The predicted molar refractivity (Wildman–Crippen MR) is 119 cm³/mol. The molecule has 0 aliphatic heterocycles. The first-order valence-corrected chi connectivity index (χ1v) is 10.3. The molecule has 0 amide bonds. The van der Waals surface area contributed by atoms with Gasteiger partial charge < -0.3 is 13.8 Å². The third-order valence-electron chi connectivity index (χ3n) is 5.59. The van der Waals surface area contributed by atoms with Gasteiger partial charge in [0.15, 0.2) is 5.58 Å². The molecule has 0 spiro atoms. The lowest BCUT2D eigenvalue weighted by atomic mass is 10.0. The fraction of sp³-hybridized carbons (Fsp3) is 0.0833. The molecule has 0 saturated carbocycles. The van der Waals surface area contributed by atoms with Gasteiger partial charge in [0.25, 0.3) is 5.89 Å². The molecule has 0 unspecified atom stereocenters. The number of alkyl halides is 2. The van der Waals surface area contributed by atoms with Crippen LogP contribution in [0, 0.1) is 0 Å². The summed E-state index contributed by atoms with van der Waals surface area (Å²) in [7, 11) is 0. The van der Waals surface area contributed by atoms with E-state index in [0.29, 0.717) is 22.4 Å². The molecule has 10 heteroatoms. The minimum atomic E-state index is -2.84. The highest BCUT2D eigenvalue weighted by atomic mass is 19.3. The summed E-state index contributed by atoms with van der Waals surface area (Å²) in [4.78, 5) is 20.1. The first kappa shape index (κ1) is 20.0. The van der Waals surface area contributed by atoms with Crippen LogP contribution in [0.15, 0.2) is 80.6 Å². The van der Waals surface area contributed by atoms with Crippen LogP contribution in [-0.2, 0) is 6.54 Å². The zero-order valence-electron chi connectivity index (χ0n) is 17.4. The van der Waals surface area contributed by atoms with E-state index in [1.54, 1.807) is 12.1 Å². The van der Waals surface area contributed by atoms with Crippen molar-refractivity contribution in [1.29, 1.82) is 0 Å². The molecule has 6 rings (SSSR count). The average Bonchev–Trinajstić information content (AvgIpc) is 3.58. The van der Waals surface area contributed by atoms with Crippen LogP contribution in [-0.4, -0.2) is 24.7 Å². The molecular weight excluding hydrogens is 444 g/mol. The van der Waals surface area contributed by atoms with E-state index in [1.165, 1.54) is 10.8 Å². The van der Waals surface area contributed by atoms with E-state index < -0.39 is 18.1 Å². The number of rotatable bonds is 5. The van der Waals surface area contributed by atoms with Gasteiger partial charge in [-0.1, -0.05) is 18.2 Å². The lowest BCUT2D eigenvalue weighted by Crippen LogP contribution is -2.15. The largest absolute Gasteiger partial charge is 0.420 e. The lowest BCUT2D eigenvalue weighted by molar-refractivity contribution is 0.116. The van der Waals surface area contributed by atoms with Gasteiger partial charge in [0.05, 0.1) is 23.3 Å². The SMILES string of the molecule is O=c1oc2cc(-c3cccc4[nH]ccc34)ccc2n1Cc1ccc(-c2nnc(C(F)F)o2)cn1. The van der Waals surface area contributed by atoms with E-state index in [0.717, 1.165) is 22.0 Å². The van der Waals surface area contributed by atoms with Crippen LogP contribution in [0.3, 0.4) is 0 Å². The van der Waals surface area contributed by atoms with Gasteiger partial charge in [0, 0.05) is 23.3 Å². The maximum atomic E-state index is 12.7. The van der Waals surface area contributed by atoms with Crippen molar-refractivity contribution in [3.05, 3.63) is 89.1 Å². The summed E-state index contributed by atoms with van der Waals surface area (Å²) >= 11 is 0. The van der Waals surface area contributed by atoms with Crippen LogP contribution in [0.4, 0.5) is 8.78 Å². The monoisotopic (exact) mass is 459 g/mol. The number of nitrogens with one attached hydrogen (secondary N) is 1. The van der Waals surface area contributed by atoms with E-state index in [2.05, 4.69) is 20.2 Å². The minimum Gasteiger partial charge on any atom is -0.415 e. The Hall–Kier alpha value is -4.60. The van der Waals surface area contributed by atoms with Crippen molar-refractivity contribution in [1.82, 2.24) is 24.7 Å². The first-order valence-electron chi connectivity index (χ1n) is 10.3. The van der Waals surface area contributed by atoms with Crippen LogP contribution in [0.5, 0.6) is 0 Å². The topological polar surface area (TPSA) is 103 Å². The summed E-state index contributed by atoms with van der Waals surface area (Å²) in [5, 5.41) is 8.00. The molecule has 0 aliphatic carbocycles. The summed E-state index contributed by atoms with van der Waals surface area (Å²) in [6.45, 7) is 0.172. The van der Waals surface area contributed by atoms with Crippen molar-refractivity contribution in [3.63, 3.8) is 0 Å². The summed E-state index contributed by atoms with van der Waals surface area (Å²) in [6.07, 6.45) is 0.477. The number of hydrogen-bond donors (Lipinski definition) is 1. The van der Waals surface area contributed by atoms with Crippen LogP contribution in [0.1, 0.15) is 18.0 Å². The number of halogens is 2. The highest BCUT2D eigenvalue weighted by Gasteiger charge is 2.18. The Kier molecular flexibility index (Phi) is 4.58. The van der Waals surface area contributed by atoms with Crippen LogP contribution in [0.2, 0.25) is 0 Å². The number of oxazole rings is 1. The summed E-state index contributed by atoms with van der Waals surface area (Å²) in [6, 6.07) is 16.9. The highest BCUT2D eigenvalue weighted by Crippen LogP contribution is 2.30. The molecule has 0 radical (unpaired) electrons. The van der Waals surface area contributed by atoms with Crippen LogP contribution < -0.4 is 5.76 Å². The maximum absolute atomic E-state index is 12.7. The van der Waals surface area contributed by atoms with Crippen molar-refractivity contribution >= 4 is 22.0 Å². The smallest absolute Gasteiger partial charge is 0.415 e. The molecule has 0 aliphatic rings. The second-order valence-corrected chi connectivity index (χ2v) is 7.67. The molecule has 8 nitrogen and oxygen atoms in total. The quantitative estimate of drug-likeness (QED) is 0.381. The molecule has 1 N–H and O–H groups in total. The van der Waals surface area contributed by atoms with Crippen LogP contribution >= 0.6 is 0 Å². The second kappa shape index (κ2) is 7.77. The van der Waals surface area contributed by atoms with E-state index >= 15 is 0 Å². The third-order valence-corrected chi connectivity index (χ3v) is 5.59. The molecule has 34 heavy (non-hydrogen) atoms. The number of benzene rings is 2. The van der Waals surface area contributed by atoms with Crippen molar-refractivity contribution in [3.8, 4) is 22.6 Å². The van der Waals surface area contributed by atoms with Crippen molar-refractivity contribution in [2.75, 3.05) is 0 Å². The maximum Gasteiger partial charge on any atom is 0.420 e. The number of pyridine rings is 1. The third kappa shape index (κ3) is 3.36. The van der Waals surface area contributed by atoms with Gasteiger partial charge in [0.1, 0.15) is 0 Å². The number of hydrogen-bond acceptors (Lipinski definition) is 6. The zero-order valence-corrected chi connectivity index (χ0v) is 17.4. The Bertz CT molecular complexity index is 1700. The molecule has 0 saturated heterocycles.